The van der Waals surface area contributed by atoms with Crippen LogP contribution in [0.3, 0.4) is 0 Å². The fourth-order valence-corrected chi connectivity index (χ4v) is 2.29. The van der Waals surface area contributed by atoms with E-state index in [1.165, 1.54) is 0 Å². The lowest BCUT2D eigenvalue weighted by Crippen LogP contribution is -2.30. The molecule has 0 radical (unpaired) electrons. The maximum absolute atomic E-state index is 12.1. The molecule has 3 nitrogen and oxygen atoms in total. The first-order valence-corrected chi connectivity index (χ1v) is 7.59. The number of anilines is 1. The quantitative estimate of drug-likeness (QED) is 0.850. The maximum Gasteiger partial charge on any atom is 0.265 e. The number of rotatable bonds is 5. The van der Waals surface area contributed by atoms with Gasteiger partial charge in [-0.25, -0.2) is 0 Å². The second-order valence-corrected chi connectivity index (χ2v) is 5.11. The van der Waals surface area contributed by atoms with E-state index < -0.39 is 6.10 Å². The van der Waals surface area contributed by atoms with Crippen LogP contribution in [-0.4, -0.2) is 18.3 Å². The van der Waals surface area contributed by atoms with Crippen LogP contribution in [0.5, 0.6) is 5.75 Å². The normalized spacial score (nSPS) is 11.7. The van der Waals surface area contributed by atoms with Crippen LogP contribution in [0.4, 0.5) is 5.69 Å². The van der Waals surface area contributed by atoms with Crippen molar-refractivity contribution in [2.45, 2.75) is 17.9 Å². The van der Waals surface area contributed by atoms with Crippen LogP contribution in [0.1, 0.15) is 6.92 Å². The summed E-state index contributed by atoms with van der Waals surface area (Å²) >= 11 is 1.60. The molecule has 20 heavy (non-hydrogen) atoms. The van der Waals surface area contributed by atoms with Crippen molar-refractivity contribution in [2.24, 2.45) is 0 Å². The first-order chi connectivity index (χ1) is 9.70. The highest BCUT2D eigenvalue weighted by Crippen LogP contribution is 2.24. The summed E-state index contributed by atoms with van der Waals surface area (Å²) < 4.78 is 5.60. The fraction of sp³-hybridized carbons (Fsp3) is 0.188. The van der Waals surface area contributed by atoms with Crippen LogP contribution in [0.25, 0.3) is 0 Å². The minimum absolute atomic E-state index is 0.157. The molecule has 2 aromatic carbocycles. The van der Waals surface area contributed by atoms with Crippen LogP contribution in [-0.2, 0) is 4.79 Å². The molecule has 1 unspecified atom stereocenters. The number of carbonyl (C=O) groups is 1. The van der Waals surface area contributed by atoms with Gasteiger partial charge < -0.3 is 10.1 Å². The number of nitrogens with one attached hydrogen (secondary N) is 1. The van der Waals surface area contributed by atoms with Crippen LogP contribution >= 0.6 is 11.8 Å². The van der Waals surface area contributed by atoms with Crippen molar-refractivity contribution < 1.29 is 9.53 Å². The second-order valence-electron chi connectivity index (χ2n) is 4.26. The highest BCUT2D eigenvalue weighted by Gasteiger charge is 2.15. The molecule has 0 aliphatic carbocycles. The molecule has 0 saturated heterocycles. The Morgan fingerprint density at radius 3 is 2.45 bits per heavy atom. The molecule has 0 fully saturated rings. The minimum Gasteiger partial charge on any atom is -0.481 e. The molecule has 1 N–H and O–H groups in total. The predicted molar refractivity (Wildman–Crippen MR) is 83.4 cm³/mol. The highest BCUT2D eigenvalue weighted by molar-refractivity contribution is 7.98. The van der Waals surface area contributed by atoms with Crippen LogP contribution < -0.4 is 10.1 Å². The highest BCUT2D eigenvalue weighted by atomic mass is 32.2. The molecule has 1 atom stereocenters. The number of hydrogen-bond acceptors (Lipinski definition) is 3. The van der Waals surface area contributed by atoms with Crippen molar-refractivity contribution in [2.75, 3.05) is 11.6 Å². The van der Waals surface area contributed by atoms with Crippen molar-refractivity contribution in [1.29, 1.82) is 0 Å². The van der Waals surface area contributed by atoms with E-state index in [4.69, 9.17) is 4.74 Å². The Balaban J connectivity index is 2.01. The summed E-state index contributed by atoms with van der Waals surface area (Å²) in [6.07, 6.45) is 1.43. The molecule has 4 heteroatoms. The van der Waals surface area contributed by atoms with Gasteiger partial charge in [-0.2, -0.15) is 0 Å². The summed E-state index contributed by atoms with van der Waals surface area (Å²) in [4.78, 5) is 13.2. The Morgan fingerprint density at radius 2 is 1.75 bits per heavy atom. The zero-order chi connectivity index (χ0) is 14.4. The lowest BCUT2D eigenvalue weighted by atomic mass is 10.3. The van der Waals surface area contributed by atoms with Gasteiger partial charge in [-0.05, 0) is 37.4 Å². The third-order valence-corrected chi connectivity index (χ3v) is 3.59. The first kappa shape index (κ1) is 14.5. The number of hydrogen-bond donors (Lipinski definition) is 1. The molecule has 0 saturated carbocycles. The number of ether oxygens (including phenoxy) is 1. The third-order valence-electron chi connectivity index (χ3n) is 2.79. The molecular weight excluding hydrogens is 270 g/mol. The van der Waals surface area contributed by atoms with Crippen LogP contribution in [0, 0.1) is 0 Å². The topological polar surface area (TPSA) is 38.3 Å². The number of carbonyl (C=O) groups excluding carboxylic acids is 1. The monoisotopic (exact) mass is 287 g/mol. The van der Waals surface area contributed by atoms with Gasteiger partial charge in [-0.3, -0.25) is 4.79 Å². The zero-order valence-corrected chi connectivity index (χ0v) is 12.3. The van der Waals surface area contributed by atoms with E-state index in [9.17, 15) is 4.79 Å². The fourth-order valence-electron chi connectivity index (χ4n) is 1.74. The average Bonchev–Trinajstić information content (AvgIpc) is 2.48. The van der Waals surface area contributed by atoms with Gasteiger partial charge in [-0.1, -0.05) is 30.3 Å². The number of benzene rings is 2. The van der Waals surface area contributed by atoms with E-state index in [0.717, 1.165) is 10.6 Å². The molecule has 104 valence electrons. The lowest BCUT2D eigenvalue weighted by molar-refractivity contribution is -0.122. The Morgan fingerprint density at radius 1 is 1.10 bits per heavy atom. The molecule has 0 aromatic heterocycles. The zero-order valence-electron chi connectivity index (χ0n) is 11.5. The Kier molecular flexibility index (Phi) is 5.07. The van der Waals surface area contributed by atoms with Crippen molar-refractivity contribution >= 4 is 23.4 Å². The van der Waals surface area contributed by atoms with Crippen molar-refractivity contribution in [1.82, 2.24) is 0 Å². The van der Waals surface area contributed by atoms with E-state index in [1.54, 1.807) is 18.7 Å². The summed E-state index contributed by atoms with van der Waals surface area (Å²) in [7, 11) is 0. The maximum atomic E-state index is 12.1. The molecular formula is C16H17NO2S. The van der Waals surface area contributed by atoms with E-state index in [2.05, 4.69) is 5.32 Å². The van der Waals surface area contributed by atoms with Crippen LogP contribution in [0.2, 0.25) is 0 Å². The SMILES string of the molecule is CSc1ccccc1NC(=O)C(C)Oc1ccccc1. The second kappa shape index (κ2) is 7.01. The van der Waals surface area contributed by atoms with E-state index >= 15 is 0 Å². The Hall–Kier alpha value is -1.94. The molecule has 1 amide bonds. The number of para-hydroxylation sites is 2. The minimum atomic E-state index is -0.549. The molecule has 0 aliphatic heterocycles. The van der Waals surface area contributed by atoms with Gasteiger partial charge >= 0.3 is 0 Å². The molecule has 2 aromatic rings. The summed E-state index contributed by atoms with van der Waals surface area (Å²) in [5.41, 5.74) is 0.813. The van der Waals surface area contributed by atoms with E-state index in [1.807, 2.05) is 60.9 Å². The third kappa shape index (κ3) is 3.78. The van der Waals surface area contributed by atoms with Gasteiger partial charge in [0.25, 0.3) is 5.91 Å². The molecule has 2 rings (SSSR count). The van der Waals surface area contributed by atoms with Crippen molar-refractivity contribution in [3.05, 3.63) is 54.6 Å². The molecule has 0 bridgehead atoms. The van der Waals surface area contributed by atoms with E-state index in [-0.39, 0.29) is 5.91 Å². The Labute approximate surface area is 123 Å². The van der Waals surface area contributed by atoms with Gasteiger partial charge in [0.05, 0.1) is 5.69 Å². The van der Waals surface area contributed by atoms with Gasteiger partial charge in [0.1, 0.15) is 5.75 Å². The molecule has 0 aliphatic rings. The summed E-state index contributed by atoms with van der Waals surface area (Å²) in [5.74, 6) is 0.531. The predicted octanol–water partition coefficient (Wildman–Crippen LogP) is 3.81. The van der Waals surface area contributed by atoms with Crippen molar-refractivity contribution in [3.8, 4) is 5.75 Å². The van der Waals surface area contributed by atoms with E-state index in [0.29, 0.717) is 5.75 Å². The van der Waals surface area contributed by atoms with Crippen molar-refractivity contribution in [3.63, 3.8) is 0 Å². The van der Waals surface area contributed by atoms with Gasteiger partial charge in [0.2, 0.25) is 0 Å². The molecule has 0 spiro atoms. The Bertz CT molecular complexity index is 572. The number of thioether (sulfide) groups is 1. The first-order valence-electron chi connectivity index (χ1n) is 6.36. The van der Waals surface area contributed by atoms with Gasteiger partial charge in [0.15, 0.2) is 6.10 Å². The molecule has 0 heterocycles. The number of amides is 1. The summed E-state index contributed by atoms with van der Waals surface area (Å²) in [6.45, 7) is 1.74. The van der Waals surface area contributed by atoms with Crippen LogP contribution in [0.15, 0.2) is 59.5 Å². The smallest absolute Gasteiger partial charge is 0.265 e. The lowest BCUT2D eigenvalue weighted by Gasteiger charge is -2.15. The average molecular weight is 287 g/mol. The standard InChI is InChI=1S/C16H17NO2S/c1-12(19-13-8-4-3-5-9-13)16(18)17-14-10-6-7-11-15(14)20-2/h3-12H,1-2H3,(H,17,18). The summed E-state index contributed by atoms with van der Waals surface area (Å²) in [6, 6.07) is 17.0. The van der Waals surface area contributed by atoms with Gasteiger partial charge in [0, 0.05) is 4.90 Å². The largest absolute Gasteiger partial charge is 0.481 e. The van der Waals surface area contributed by atoms with Gasteiger partial charge in [-0.15, -0.1) is 11.8 Å². The summed E-state index contributed by atoms with van der Waals surface area (Å²) in [5, 5.41) is 2.90.